The van der Waals surface area contributed by atoms with Crippen molar-refractivity contribution in [3.8, 4) is 0 Å². The minimum absolute atomic E-state index is 0.185. The third-order valence-electron chi connectivity index (χ3n) is 7.29. The monoisotopic (exact) mass is 355 g/mol. The predicted octanol–water partition coefficient (Wildman–Crippen LogP) is 2.86. The lowest BCUT2D eigenvalue weighted by atomic mass is 9.97. The number of carbonyl (C=O) groups excluding carboxylic acids is 2. The van der Waals surface area contributed by atoms with Crippen molar-refractivity contribution in [3.05, 3.63) is 23.5 Å². The zero-order valence-electron chi connectivity index (χ0n) is 15.6. The van der Waals surface area contributed by atoms with E-state index in [1.54, 1.807) is 0 Å². The standard InChI is InChI=1S/C21H29N3O2/c1-13-3-2-4-17(13)20(25)23-9-15-11-24(12-16(15)10-23)21(26)19-8-22-7-18(19)14-5-6-14/h7-8,13-17,22H,2-6,9-12H2,1H3/t13?,15-,16+,17?. The molecular weight excluding hydrogens is 326 g/mol. The van der Waals surface area contributed by atoms with Crippen LogP contribution >= 0.6 is 0 Å². The number of H-pyrrole nitrogens is 1. The van der Waals surface area contributed by atoms with Crippen molar-refractivity contribution in [1.29, 1.82) is 0 Å². The Bertz CT molecular complexity index is 709. The van der Waals surface area contributed by atoms with Crippen LogP contribution in [0.15, 0.2) is 12.4 Å². The highest BCUT2D eigenvalue weighted by molar-refractivity contribution is 5.96. The highest BCUT2D eigenvalue weighted by Crippen LogP contribution is 2.42. The Morgan fingerprint density at radius 3 is 2.27 bits per heavy atom. The van der Waals surface area contributed by atoms with E-state index in [0.29, 0.717) is 29.6 Å². The Balaban J connectivity index is 1.22. The fourth-order valence-electron chi connectivity index (χ4n) is 5.55. The van der Waals surface area contributed by atoms with Crippen LogP contribution in [0, 0.1) is 23.7 Å². The number of hydrogen-bond acceptors (Lipinski definition) is 2. The first-order valence-corrected chi connectivity index (χ1v) is 10.4. The number of rotatable bonds is 3. The van der Waals surface area contributed by atoms with Gasteiger partial charge in [-0.25, -0.2) is 0 Å². The summed E-state index contributed by atoms with van der Waals surface area (Å²) in [6, 6.07) is 0. The molecule has 2 amide bonds. The molecular formula is C21H29N3O2. The van der Waals surface area contributed by atoms with Crippen molar-refractivity contribution in [3.63, 3.8) is 0 Å². The fraction of sp³-hybridized carbons (Fsp3) is 0.714. The summed E-state index contributed by atoms with van der Waals surface area (Å²) in [6.45, 7) is 5.53. The summed E-state index contributed by atoms with van der Waals surface area (Å²) in [5.41, 5.74) is 2.08. The van der Waals surface area contributed by atoms with Crippen LogP contribution in [-0.4, -0.2) is 52.8 Å². The average molecular weight is 355 g/mol. The lowest BCUT2D eigenvalue weighted by Crippen LogP contribution is -2.39. The molecule has 2 aliphatic carbocycles. The van der Waals surface area contributed by atoms with Gasteiger partial charge in [0.15, 0.2) is 0 Å². The fourth-order valence-corrected chi connectivity index (χ4v) is 5.55. The van der Waals surface area contributed by atoms with Crippen LogP contribution in [0.3, 0.4) is 0 Å². The Kier molecular flexibility index (Phi) is 3.87. The van der Waals surface area contributed by atoms with E-state index in [4.69, 9.17) is 0 Å². The molecule has 4 aliphatic rings. The SMILES string of the molecule is CC1CCCC1C(=O)N1C[C@H]2CN(C(=O)c3c[nH]cc3C3CC3)C[C@H]2C1. The van der Waals surface area contributed by atoms with Crippen molar-refractivity contribution < 1.29 is 9.59 Å². The van der Waals surface area contributed by atoms with Gasteiger partial charge in [0, 0.05) is 56.3 Å². The van der Waals surface area contributed by atoms with Crippen LogP contribution in [0.2, 0.25) is 0 Å². The highest BCUT2D eigenvalue weighted by Gasteiger charge is 2.45. The molecule has 140 valence electrons. The maximum Gasteiger partial charge on any atom is 0.255 e. The zero-order valence-corrected chi connectivity index (χ0v) is 15.6. The van der Waals surface area contributed by atoms with Crippen molar-refractivity contribution in [2.24, 2.45) is 23.7 Å². The van der Waals surface area contributed by atoms with Crippen molar-refractivity contribution in [1.82, 2.24) is 14.8 Å². The molecule has 2 unspecified atom stereocenters. The van der Waals surface area contributed by atoms with Gasteiger partial charge in [0.1, 0.15) is 0 Å². The number of aromatic amines is 1. The first-order valence-electron chi connectivity index (χ1n) is 10.4. The van der Waals surface area contributed by atoms with Gasteiger partial charge in [-0.1, -0.05) is 13.3 Å². The van der Waals surface area contributed by atoms with Gasteiger partial charge in [-0.05, 0) is 43.1 Å². The third-order valence-corrected chi connectivity index (χ3v) is 7.29. The van der Waals surface area contributed by atoms with Gasteiger partial charge in [0.25, 0.3) is 5.91 Å². The highest BCUT2D eigenvalue weighted by atomic mass is 16.2. The van der Waals surface area contributed by atoms with Gasteiger partial charge in [-0.3, -0.25) is 9.59 Å². The normalized spacial score (nSPS) is 33.7. The average Bonchev–Trinajstić information content (AvgIpc) is 3.00. The van der Waals surface area contributed by atoms with Crippen molar-refractivity contribution in [2.45, 2.75) is 44.9 Å². The molecule has 1 N–H and O–H groups in total. The van der Waals surface area contributed by atoms with Crippen LogP contribution in [0.1, 0.15) is 60.9 Å². The van der Waals surface area contributed by atoms with E-state index in [1.807, 2.05) is 17.3 Å². The Labute approximate surface area is 155 Å². The Morgan fingerprint density at radius 1 is 0.962 bits per heavy atom. The maximum atomic E-state index is 13.0. The van der Waals surface area contributed by atoms with Gasteiger partial charge < -0.3 is 14.8 Å². The smallest absolute Gasteiger partial charge is 0.255 e. The predicted molar refractivity (Wildman–Crippen MR) is 98.7 cm³/mol. The topological polar surface area (TPSA) is 56.4 Å². The minimum atomic E-state index is 0.185. The van der Waals surface area contributed by atoms with E-state index in [-0.39, 0.29) is 11.8 Å². The van der Waals surface area contributed by atoms with Crippen molar-refractivity contribution >= 4 is 11.8 Å². The summed E-state index contributed by atoms with van der Waals surface area (Å²) < 4.78 is 0. The third kappa shape index (κ3) is 2.67. The van der Waals surface area contributed by atoms with Gasteiger partial charge in [-0.2, -0.15) is 0 Å². The molecule has 4 fully saturated rings. The first-order chi connectivity index (χ1) is 12.6. The van der Waals surface area contributed by atoms with Crippen LogP contribution < -0.4 is 0 Å². The number of aromatic nitrogens is 1. The zero-order chi connectivity index (χ0) is 17.8. The number of nitrogens with zero attached hydrogens (tertiary/aromatic N) is 2. The quantitative estimate of drug-likeness (QED) is 0.906. The summed E-state index contributed by atoms with van der Waals surface area (Å²) in [7, 11) is 0. The maximum absolute atomic E-state index is 13.0. The van der Waals surface area contributed by atoms with Crippen LogP contribution in [-0.2, 0) is 4.79 Å². The Morgan fingerprint density at radius 2 is 1.65 bits per heavy atom. The van der Waals surface area contributed by atoms with E-state index in [2.05, 4.69) is 16.8 Å². The molecule has 0 bridgehead atoms. The molecule has 0 spiro atoms. The second-order valence-corrected chi connectivity index (χ2v) is 9.09. The van der Waals surface area contributed by atoms with Crippen LogP contribution in [0.5, 0.6) is 0 Å². The van der Waals surface area contributed by atoms with Crippen LogP contribution in [0.4, 0.5) is 0 Å². The molecule has 5 rings (SSSR count). The van der Waals surface area contributed by atoms with E-state index >= 15 is 0 Å². The summed E-state index contributed by atoms with van der Waals surface area (Å²) in [5, 5.41) is 0. The number of fused-ring (bicyclic) bond motifs is 1. The molecule has 0 aromatic carbocycles. The second-order valence-electron chi connectivity index (χ2n) is 9.09. The molecule has 1 aromatic heterocycles. The van der Waals surface area contributed by atoms with E-state index in [9.17, 15) is 9.59 Å². The lowest BCUT2D eigenvalue weighted by molar-refractivity contribution is -0.135. The van der Waals surface area contributed by atoms with Gasteiger partial charge in [0.2, 0.25) is 5.91 Å². The Hall–Kier alpha value is -1.78. The summed E-state index contributed by atoms with van der Waals surface area (Å²) in [6.07, 6.45) is 9.75. The molecule has 4 atom stereocenters. The number of carbonyl (C=O) groups is 2. The molecule has 5 nitrogen and oxygen atoms in total. The number of likely N-dealkylation sites (tertiary alicyclic amines) is 2. The molecule has 2 saturated heterocycles. The van der Waals surface area contributed by atoms with Gasteiger partial charge in [-0.15, -0.1) is 0 Å². The molecule has 2 aliphatic heterocycles. The first kappa shape index (κ1) is 16.4. The largest absolute Gasteiger partial charge is 0.367 e. The number of amides is 2. The van der Waals surface area contributed by atoms with E-state index in [1.165, 1.54) is 31.2 Å². The molecule has 2 saturated carbocycles. The second kappa shape index (κ2) is 6.14. The molecule has 3 heterocycles. The number of nitrogens with one attached hydrogen (secondary N) is 1. The van der Waals surface area contributed by atoms with E-state index < -0.39 is 0 Å². The molecule has 0 radical (unpaired) electrons. The van der Waals surface area contributed by atoms with Crippen molar-refractivity contribution in [2.75, 3.05) is 26.2 Å². The summed E-state index contributed by atoms with van der Waals surface area (Å²) in [4.78, 5) is 33.1. The van der Waals surface area contributed by atoms with Gasteiger partial charge in [0.05, 0.1) is 5.56 Å². The molecule has 26 heavy (non-hydrogen) atoms. The number of hydrogen-bond donors (Lipinski definition) is 1. The minimum Gasteiger partial charge on any atom is -0.367 e. The summed E-state index contributed by atoms with van der Waals surface area (Å²) in [5.74, 6) is 2.85. The summed E-state index contributed by atoms with van der Waals surface area (Å²) >= 11 is 0. The van der Waals surface area contributed by atoms with Gasteiger partial charge >= 0.3 is 0 Å². The van der Waals surface area contributed by atoms with Crippen LogP contribution in [0.25, 0.3) is 0 Å². The molecule has 5 heteroatoms. The van der Waals surface area contributed by atoms with E-state index in [0.717, 1.165) is 38.2 Å². The molecule has 1 aromatic rings. The lowest BCUT2D eigenvalue weighted by Gasteiger charge is -2.25.